The monoisotopic (exact) mass is 525 g/mol. The van der Waals surface area contributed by atoms with Gasteiger partial charge in [-0.05, 0) is 61.7 Å². The summed E-state index contributed by atoms with van der Waals surface area (Å²) in [4.78, 5) is 23.6. The number of aromatic nitrogens is 3. The molecule has 1 amide bonds. The molecule has 10 heteroatoms. The molecule has 4 heterocycles. The van der Waals surface area contributed by atoms with Crippen molar-refractivity contribution in [2.75, 3.05) is 20.3 Å². The Balaban J connectivity index is 1.58. The Bertz CT molecular complexity index is 1750. The van der Waals surface area contributed by atoms with Crippen LogP contribution in [0.3, 0.4) is 0 Å². The second kappa shape index (κ2) is 8.21. The molecular weight excluding hydrogens is 497 g/mol. The number of ether oxygens (including phenoxy) is 1. The van der Waals surface area contributed by atoms with Gasteiger partial charge < -0.3 is 18.8 Å². The van der Waals surface area contributed by atoms with Crippen molar-refractivity contribution < 1.29 is 27.0 Å². The van der Waals surface area contributed by atoms with Crippen LogP contribution in [0.2, 0.25) is 0 Å². The molecule has 6 rings (SSSR count). The number of alkyl halides is 2. The number of aryl methyl sites for hydroxylation is 1. The Morgan fingerprint density at radius 1 is 1.16 bits per heavy atom. The topological polar surface area (TPSA) is 77.3 Å². The minimum absolute atomic E-state index is 0.00408. The lowest BCUT2D eigenvalue weighted by Gasteiger charge is -2.24. The van der Waals surface area contributed by atoms with Crippen molar-refractivity contribution in [2.24, 2.45) is 0 Å². The molecule has 2 aromatic carbocycles. The number of benzene rings is 2. The summed E-state index contributed by atoms with van der Waals surface area (Å²) in [6.07, 6.45) is 1.80. The van der Waals surface area contributed by atoms with E-state index in [0.29, 0.717) is 22.3 Å². The van der Waals surface area contributed by atoms with Crippen molar-refractivity contribution in [1.82, 2.24) is 19.4 Å². The summed E-state index contributed by atoms with van der Waals surface area (Å²) in [6, 6.07) is 10.1. The summed E-state index contributed by atoms with van der Waals surface area (Å²) in [5.41, 5.74) is 4.36. The Hall–Kier alpha value is -3.58. The molecule has 2 atom stereocenters. The van der Waals surface area contributed by atoms with Gasteiger partial charge in [-0.1, -0.05) is 12.1 Å². The van der Waals surface area contributed by atoms with Crippen molar-refractivity contribution in [2.45, 2.75) is 32.0 Å². The summed E-state index contributed by atoms with van der Waals surface area (Å²) in [5, 5.41) is 0. The fourth-order valence-corrected chi connectivity index (χ4v) is 6.83. The number of carbonyl (C=O) groups excluding carboxylic acids is 1. The van der Waals surface area contributed by atoms with Crippen LogP contribution in [0, 0.1) is 6.92 Å². The highest BCUT2D eigenvalue weighted by Crippen LogP contribution is 2.50. The minimum atomic E-state index is -3.13. The first-order valence-corrected chi connectivity index (χ1v) is 14.3. The molecular formula is C27H25F2N4O3P. The second-order valence-corrected chi connectivity index (χ2v) is 12.9. The number of rotatable bonds is 4. The van der Waals surface area contributed by atoms with Gasteiger partial charge in [0.05, 0.1) is 23.1 Å². The Kier molecular flexibility index (Phi) is 4.55. The van der Waals surface area contributed by atoms with Gasteiger partial charge in [0, 0.05) is 40.4 Å². The van der Waals surface area contributed by atoms with Crippen LogP contribution in [-0.2, 0) is 4.57 Å². The first-order valence-electron chi connectivity index (χ1n) is 13.2. The van der Waals surface area contributed by atoms with E-state index in [2.05, 4.69) is 4.98 Å². The summed E-state index contributed by atoms with van der Waals surface area (Å²) >= 11 is 0. The maximum absolute atomic E-state index is 13.6. The average molecular weight is 526 g/mol. The Morgan fingerprint density at radius 3 is 2.68 bits per heavy atom. The highest BCUT2D eigenvalue weighted by molar-refractivity contribution is 7.70. The molecule has 0 saturated carbocycles. The maximum atomic E-state index is 13.6. The molecule has 0 radical (unpaired) electrons. The first kappa shape index (κ1) is 20.5. The summed E-state index contributed by atoms with van der Waals surface area (Å²) < 4.78 is 70.5. The van der Waals surface area contributed by atoms with Crippen molar-refractivity contribution in [1.29, 1.82) is 0 Å². The fraction of sp³-hybridized carbons (Fsp3) is 0.296. The molecule has 4 aromatic rings. The van der Waals surface area contributed by atoms with Crippen LogP contribution in [-0.4, -0.2) is 52.3 Å². The Morgan fingerprint density at radius 2 is 1.97 bits per heavy atom. The van der Waals surface area contributed by atoms with Crippen molar-refractivity contribution in [3.05, 3.63) is 71.2 Å². The van der Waals surface area contributed by atoms with Gasteiger partial charge >= 0.3 is 6.61 Å². The van der Waals surface area contributed by atoms with Crippen LogP contribution in [0.1, 0.15) is 49.9 Å². The third kappa shape index (κ3) is 3.67. The molecule has 0 spiro atoms. The van der Waals surface area contributed by atoms with E-state index in [-0.39, 0.29) is 23.3 Å². The van der Waals surface area contributed by atoms with Gasteiger partial charge in [0.15, 0.2) is 0 Å². The molecule has 0 aliphatic carbocycles. The van der Waals surface area contributed by atoms with Crippen LogP contribution in [0.5, 0.6) is 5.75 Å². The SMILES string of the molecule is [2H]C([2H])([2H])N1C(=O)c2cccc(OC(F)F)c2[C@H]2C[C@@H]1c1nc3ccc(-c4cnc(P(C)(C)=O)c(C)c4)cc3n12. The maximum Gasteiger partial charge on any atom is 0.387 e. The smallest absolute Gasteiger partial charge is 0.387 e. The fourth-order valence-electron chi connectivity index (χ4n) is 5.58. The largest absolute Gasteiger partial charge is 0.434 e. The highest BCUT2D eigenvalue weighted by Gasteiger charge is 2.45. The predicted molar refractivity (Wildman–Crippen MR) is 137 cm³/mol. The summed E-state index contributed by atoms with van der Waals surface area (Å²) in [6.45, 7) is -0.737. The van der Waals surface area contributed by atoms with Gasteiger partial charge in [-0.2, -0.15) is 8.78 Å². The van der Waals surface area contributed by atoms with Crippen molar-refractivity contribution in [3.8, 4) is 16.9 Å². The molecule has 2 aliphatic rings. The normalized spacial score (nSPS) is 20.3. The van der Waals surface area contributed by atoms with Gasteiger partial charge in [-0.15, -0.1) is 0 Å². The lowest BCUT2D eigenvalue weighted by molar-refractivity contribution is -0.0507. The third-order valence-corrected chi connectivity index (χ3v) is 8.53. The summed E-state index contributed by atoms with van der Waals surface area (Å²) in [5.74, 6) is -0.601. The highest BCUT2D eigenvalue weighted by atomic mass is 31.2. The number of nitrogens with zero attached hydrogens (tertiary/aromatic N) is 4. The third-order valence-electron chi connectivity index (χ3n) is 7.04. The molecule has 2 aliphatic heterocycles. The molecule has 0 fully saturated rings. The molecule has 37 heavy (non-hydrogen) atoms. The molecule has 0 N–H and O–H groups in total. The van der Waals surface area contributed by atoms with Crippen LogP contribution in [0.4, 0.5) is 8.78 Å². The number of imidazole rings is 1. The number of fused-ring (bicyclic) bond motifs is 9. The van der Waals surface area contributed by atoms with Crippen LogP contribution in [0.15, 0.2) is 48.7 Å². The number of carbonyl (C=O) groups is 1. The number of pyridine rings is 1. The minimum Gasteiger partial charge on any atom is -0.434 e. The van der Waals surface area contributed by atoms with Gasteiger partial charge in [-0.3, -0.25) is 9.78 Å². The zero-order chi connectivity index (χ0) is 28.7. The van der Waals surface area contributed by atoms with E-state index < -0.39 is 38.7 Å². The van der Waals surface area contributed by atoms with E-state index >= 15 is 0 Å². The lowest BCUT2D eigenvalue weighted by Crippen LogP contribution is -2.30. The first-order chi connectivity index (χ1) is 18.8. The zero-order valence-electron chi connectivity index (χ0n) is 23.3. The molecule has 0 saturated heterocycles. The molecule has 190 valence electrons. The van der Waals surface area contributed by atoms with Crippen LogP contribution < -0.4 is 10.2 Å². The second-order valence-electron chi connectivity index (χ2n) is 9.80. The van der Waals surface area contributed by atoms with E-state index in [1.54, 1.807) is 25.6 Å². The van der Waals surface area contributed by atoms with E-state index in [9.17, 15) is 18.1 Å². The van der Waals surface area contributed by atoms with E-state index in [0.717, 1.165) is 21.6 Å². The summed E-state index contributed by atoms with van der Waals surface area (Å²) in [7, 11) is -2.56. The van der Waals surface area contributed by atoms with Crippen molar-refractivity contribution >= 4 is 29.5 Å². The van der Waals surface area contributed by atoms with E-state index in [4.69, 9.17) is 13.8 Å². The van der Waals surface area contributed by atoms with Gasteiger partial charge in [0.1, 0.15) is 24.2 Å². The van der Waals surface area contributed by atoms with E-state index in [1.807, 2.05) is 29.7 Å². The standard InChI is InChI=1S/C27H25F2N4O3P/c1-14-10-16(13-30-25(14)37(3,4)35)15-8-9-18-19(11-15)33-20-12-21(24(33)31-18)32(2)26(34)17-6-5-7-22(23(17)20)36-27(28)29/h5-11,13,20-21,27H,12H2,1-4H3/t20-,21-/m1/s1/i2D3. The predicted octanol–water partition coefficient (Wildman–Crippen LogP) is 5.38. The average Bonchev–Trinajstić information content (AvgIpc) is 3.35. The van der Waals surface area contributed by atoms with Gasteiger partial charge in [0.2, 0.25) is 0 Å². The number of amides is 1. The van der Waals surface area contributed by atoms with Gasteiger partial charge in [-0.25, -0.2) is 4.98 Å². The van der Waals surface area contributed by atoms with Gasteiger partial charge in [0.25, 0.3) is 5.91 Å². The Labute approximate surface area is 216 Å². The lowest BCUT2D eigenvalue weighted by atomic mass is 9.97. The van der Waals surface area contributed by atoms with Crippen LogP contribution >= 0.6 is 7.14 Å². The molecule has 7 nitrogen and oxygen atoms in total. The van der Waals surface area contributed by atoms with E-state index in [1.165, 1.54) is 18.2 Å². The molecule has 2 bridgehead atoms. The molecule has 2 aromatic heterocycles. The van der Waals surface area contributed by atoms with Crippen molar-refractivity contribution in [3.63, 3.8) is 0 Å². The number of halogens is 2. The van der Waals surface area contributed by atoms with Crippen LogP contribution in [0.25, 0.3) is 22.2 Å². The number of hydrogen-bond donors (Lipinski definition) is 0. The number of hydrogen-bond acceptors (Lipinski definition) is 5. The molecule has 0 unspecified atom stereocenters. The quantitative estimate of drug-likeness (QED) is 0.335. The zero-order valence-corrected chi connectivity index (χ0v) is 21.2.